The van der Waals surface area contributed by atoms with Crippen molar-refractivity contribution in [2.75, 3.05) is 0 Å². The molecule has 0 unspecified atom stereocenters. The van der Waals surface area contributed by atoms with Crippen molar-refractivity contribution >= 4 is 5.97 Å². The highest BCUT2D eigenvalue weighted by Crippen LogP contribution is 2.51. The number of benzene rings is 3. The van der Waals surface area contributed by atoms with Crippen LogP contribution in [0.2, 0.25) is 0 Å². The second kappa shape index (κ2) is 8.55. The van der Waals surface area contributed by atoms with Crippen LogP contribution in [0.15, 0.2) is 66.7 Å². The summed E-state index contributed by atoms with van der Waals surface area (Å²) in [4.78, 5) is 12.1. The van der Waals surface area contributed by atoms with Gasteiger partial charge in [-0.15, -0.1) is 0 Å². The maximum absolute atomic E-state index is 12.1. The van der Waals surface area contributed by atoms with Crippen LogP contribution in [-0.4, -0.2) is 22.4 Å². The average Bonchev–Trinajstić information content (AvgIpc) is 3.07. The van der Waals surface area contributed by atoms with Gasteiger partial charge in [0.05, 0.1) is 5.41 Å². The number of rotatable bonds is 6. The predicted molar refractivity (Wildman–Crippen MR) is 121 cm³/mol. The van der Waals surface area contributed by atoms with Gasteiger partial charge in [0.25, 0.3) is 0 Å². The monoisotopic (exact) mass is 433 g/mol. The molecule has 3 aromatic carbocycles. The summed E-state index contributed by atoms with van der Waals surface area (Å²) in [6, 6.07) is 19.5. The number of phenolic OH excluding ortho intramolecular Hbond substituents is 2. The Kier molecular flexibility index (Phi) is 5.80. The Bertz CT molecular complexity index is 1130. The smallest absolute Gasteiger partial charge is 0.310 e. The van der Waals surface area contributed by atoms with Gasteiger partial charge in [0.1, 0.15) is 23.0 Å². The third-order valence-electron chi connectivity index (χ3n) is 6.03. The zero-order valence-electron chi connectivity index (χ0n) is 18.3. The summed E-state index contributed by atoms with van der Waals surface area (Å²) < 4.78 is 11.9. The number of aromatic hydroxyl groups is 2. The molecule has 0 saturated carbocycles. The summed E-state index contributed by atoms with van der Waals surface area (Å²) in [6.45, 7) is 5.72. The quantitative estimate of drug-likeness (QED) is 0.383. The van der Waals surface area contributed by atoms with E-state index in [1.165, 1.54) is 6.07 Å². The molecule has 1 aliphatic heterocycles. The Morgan fingerprint density at radius 3 is 2.41 bits per heavy atom. The van der Waals surface area contributed by atoms with E-state index in [1.807, 2.05) is 44.2 Å². The highest BCUT2D eigenvalue weighted by atomic mass is 16.5. The zero-order valence-corrected chi connectivity index (χ0v) is 18.3. The Labute approximate surface area is 187 Å². The van der Waals surface area contributed by atoms with Crippen molar-refractivity contribution in [3.8, 4) is 23.0 Å². The summed E-state index contributed by atoms with van der Waals surface area (Å²) in [5.41, 5.74) is 1.53. The van der Waals surface area contributed by atoms with Crippen LogP contribution in [0.4, 0.5) is 0 Å². The van der Waals surface area contributed by atoms with Gasteiger partial charge in [-0.2, -0.15) is 0 Å². The molecule has 166 valence electrons. The number of ether oxygens (including phenoxy) is 2. The second-order valence-corrected chi connectivity index (χ2v) is 8.19. The first kappa shape index (κ1) is 21.7. The van der Waals surface area contributed by atoms with Gasteiger partial charge >= 0.3 is 5.97 Å². The third kappa shape index (κ3) is 3.89. The van der Waals surface area contributed by atoms with E-state index in [0.717, 1.165) is 11.1 Å². The van der Waals surface area contributed by atoms with E-state index in [2.05, 4.69) is 5.32 Å². The molecule has 0 aromatic heterocycles. The standard InChI is InChI=1S/C26H27NO5/c1-4-24(30)31-22-12-10-18(28)14-20(22)26(3)21-15-19(29)11-13-23(21)32-25(26)27-16(2)17-8-6-5-7-9-17/h5-16,25,27-29H,4H2,1-3H3/t16-,25-,26-/m1/s1. The average molecular weight is 434 g/mol. The van der Waals surface area contributed by atoms with E-state index in [4.69, 9.17) is 9.47 Å². The molecule has 0 bridgehead atoms. The Hall–Kier alpha value is -3.51. The number of phenols is 2. The van der Waals surface area contributed by atoms with E-state index in [1.54, 1.807) is 37.3 Å². The Balaban J connectivity index is 1.83. The number of esters is 1. The number of carbonyl (C=O) groups is 1. The lowest BCUT2D eigenvalue weighted by molar-refractivity contribution is -0.134. The molecule has 1 aliphatic rings. The first-order chi connectivity index (χ1) is 15.3. The van der Waals surface area contributed by atoms with Crippen molar-refractivity contribution in [3.63, 3.8) is 0 Å². The molecule has 6 nitrogen and oxygen atoms in total. The fourth-order valence-corrected chi connectivity index (χ4v) is 4.17. The van der Waals surface area contributed by atoms with Crippen LogP contribution in [-0.2, 0) is 10.2 Å². The number of fused-ring (bicyclic) bond motifs is 1. The lowest BCUT2D eigenvalue weighted by Crippen LogP contribution is -2.48. The fourth-order valence-electron chi connectivity index (χ4n) is 4.17. The Morgan fingerprint density at radius 1 is 1.06 bits per heavy atom. The normalized spacial score (nSPS) is 20.3. The molecule has 0 fully saturated rings. The van der Waals surface area contributed by atoms with E-state index in [-0.39, 0.29) is 29.9 Å². The van der Waals surface area contributed by atoms with Crippen molar-refractivity contribution in [1.82, 2.24) is 5.32 Å². The molecular weight excluding hydrogens is 406 g/mol. The first-order valence-corrected chi connectivity index (χ1v) is 10.7. The highest BCUT2D eigenvalue weighted by molar-refractivity contribution is 5.73. The summed E-state index contributed by atoms with van der Waals surface area (Å²) in [6.07, 6.45) is -0.340. The molecule has 1 heterocycles. The number of hydrogen-bond acceptors (Lipinski definition) is 6. The van der Waals surface area contributed by atoms with Gasteiger partial charge in [-0.1, -0.05) is 37.3 Å². The molecule has 32 heavy (non-hydrogen) atoms. The molecule has 0 aliphatic carbocycles. The Morgan fingerprint density at radius 2 is 1.72 bits per heavy atom. The molecular formula is C26H27NO5. The predicted octanol–water partition coefficient (Wildman–Crippen LogP) is 4.79. The molecule has 6 heteroatoms. The first-order valence-electron chi connectivity index (χ1n) is 10.7. The molecule has 4 rings (SSSR count). The van der Waals surface area contributed by atoms with Gasteiger partial charge in [0.2, 0.25) is 0 Å². The van der Waals surface area contributed by atoms with Crippen molar-refractivity contribution in [2.45, 2.75) is 44.9 Å². The number of nitrogens with one attached hydrogen (secondary N) is 1. The van der Waals surface area contributed by atoms with Crippen LogP contribution >= 0.6 is 0 Å². The maximum Gasteiger partial charge on any atom is 0.310 e. The van der Waals surface area contributed by atoms with Crippen LogP contribution in [0.1, 0.15) is 49.9 Å². The van der Waals surface area contributed by atoms with Crippen molar-refractivity contribution in [1.29, 1.82) is 0 Å². The third-order valence-corrected chi connectivity index (χ3v) is 6.03. The van der Waals surface area contributed by atoms with E-state index in [9.17, 15) is 15.0 Å². The van der Waals surface area contributed by atoms with E-state index in [0.29, 0.717) is 17.1 Å². The van der Waals surface area contributed by atoms with Gasteiger partial charge in [-0.3, -0.25) is 10.1 Å². The molecule has 0 radical (unpaired) electrons. The minimum Gasteiger partial charge on any atom is -0.508 e. The van der Waals surface area contributed by atoms with Crippen molar-refractivity contribution in [3.05, 3.63) is 83.4 Å². The SMILES string of the molecule is CCC(=O)Oc1ccc(O)cc1[C@]1(C)c2cc(O)ccc2O[C@H]1N[C@H](C)c1ccccc1. The van der Waals surface area contributed by atoms with Crippen LogP contribution in [0.3, 0.4) is 0 Å². The molecule has 3 N–H and O–H groups in total. The minimum atomic E-state index is -0.876. The second-order valence-electron chi connectivity index (χ2n) is 8.19. The summed E-state index contributed by atoms with van der Waals surface area (Å²) in [7, 11) is 0. The van der Waals surface area contributed by atoms with Gasteiger partial charge in [-0.25, -0.2) is 0 Å². The zero-order chi connectivity index (χ0) is 22.9. The van der Waals surface area contributed by atoms with Gasteiger partial charge in [0.15, 0.2) is 6.23 Å². The number of hydrogen-bond donors (Lipinski definition) is 3. The molecule has 0 amide bonds. The number of carbonyl (C=O) groups excluding carboxylic acids is 1. The molecule has 0 saturated heterocycles. The van der Waals surface area contributed by atoms with E-state index >= 15 is 0 Å². The lowest BCUT2D eigenvalue weighted by Gasteiger charge is -2.34. The molecule has 0 spiro atoms. The van der Waals surface area contributed by atoms with Crippen LogP contribution < -0.4 is 14.8 Å². The minimum absolute atomic E-state index is 0.0426. The van der Waals surface area contributed by atoms with Gasteiger partial charge < -0.3 is 19.7 Å². The van der Waals surface area contributed by atoms with Crippen LogP contribution in [0.25, 0.3) is 0 Å². The summed E-state index contributed by atoms with van der Waals surface area (Å²) in [5.74, 6) is 0.719. The molecule has 3 aromatic rings. The highest BCUT2D eigenvalue weighted by Gasteiger charge is 2.49. The fraction of sp³-hybridized carbons (Fsp3) is 0.269. The lowest BCUT2D eigenvalue weighted by atomic mass is 9.75. The van der Waals surface area contributed by atoms with Crippen LogP contribution in [0.5, 0.6) is 23.0 Å². The van der Waals surface area contributed by atoms with Gasteiger partial charge in [0, 0.05) is 23.6 Å². The van der Waals surface area contributed by atoms with Gasteiger partial charge in [-0.05, 0) is 55.8 Å². The summed E-state index contributed by atoms with van der Waals surface area (Å²) >= 11 is 0. The largest absolute Gasteiger partial charge is 0.508 e. The van der Waals surface area contributed by atoms with E-state index < -0.39 is 11.6 Å². The molecule has 3 atom stereocenters. The topological polar surface area (TPSA) is 88.0 Å². The van der Waals surface area contributed by atoms with Crippen molar-refractivity contribution < 1.29 is 24.5 Å². The maximum atomic E-state index is 12.1. The summed E-state index contributed by atoms with van der Waals surface area (Å²) in [5, 5.41) is 24.1. The van der Waals surface area contributed by atoms with Crippen molar-refractivity contribution in [2.24, 2.45) is 0 Å². The van der Waals surface area contributed by atoms with Crippen LogP contribution in [0, 0.1) is 0 Å².